The number of anilines is 1. The lowest BCUT2D eigenvalue weighted by Gasteiger charge is -2.24. The highest BCUT2D eigenvalue weighted by Gasteiger charge is 2.35. The van der Waals surface area contributed by atoms with Crippen LogP contribution in [0.1, 0.15) is 46.1 Å². The second-order valence-corrected chi connectivity index (χ2v) is 8.57. The average Bonchev–Trinajstić information content (AvgIpc) is 3.07. The van der Waals surface area contributed by atoms with Crippen molar-refractivity contribution < 1.29 is 19.5 Å². The van der Waals surface area contributed by atoms with Crippen LogP contribution >= 0.6 is 11.3 Å². The van der Waals surface area contributed by atoms with Gasteiger partial charge in [0.25, 0.3) is 5.91 Å². The van der Waals surface area contributed by atoms with E-state index in [1.54, 1.807) is 6.08 Å². The molecule has 6 nitrogen and oxygen atoms in total. The van der Waals surface area contributed by atoms with Crippen LogP contribution in [0.4, 0.5) is 5.00 Å². The first-order chi connectivity index (χ1) is 14.4. The molecule has 2 atom stereocenters. The first-order valence-electron chi connectivity index (χ1n) is 10.0. The smallest absolute Gasteiger partial charge is 0.307 e. The van der Waals surface area contributed by atoms with Crippen molar-refractivity contribution in [2.75, 3.05) is 5.32 Å². The van der Waals surface area contributed by atoms with Crippen molar-refractivity contribution >= 4 is 34.1 Å². The molecule has 0 aliphatic heterocycles. The van der Waals surface area contributed by atoms with E-state index in [-0.39, 0.29) is 11.8 Å². The Morgan fingerprint density at radius 3 is 2.40 bits per heavy atom. The summed E-state index contributed by atoms with van der Waals surface area (Å²) in [4.78, 5) is 38.4. The van der Waals surface area contributed by atoms with Gasteiger partial charge in [0, 0.05) is 11.4 Å². The number of hydrogen-bond acceptors (Lipinski definition) is 4. The van der Waals surface area contributed by atoms with Crippen molar-refractivity contribution in [1.82, 2.24) is 5.32 Å². The number of nitrogens with one attached hydrogen (secondary N) is 2. The Balaban J connectivity index is 1.81. The van der Waals surface area contributed by atoms with Gasteiger partial charge >= 0.3 is 5.97 Å². The number of amides is 2. The Kier molecular flexibility index (Phi) is 7.05. The molecule has 1 aromatic heterocycles. The van der Waals surface area contributed by atoms with E-state index >= 15 is 0 Å². The maximum absolute atomic E-state index is 13.0. The second-order valence-electron chi connectivity index (χ2n) is 7.35. The number of rotatable bonds is 7. The highest BCUT2D eigenvalue weighted by Crippen LogP contribution is 2.35. The van der Waals surface area contributed by atoms with Crippen LogP contribution in [0.3, 0.4) is 0 Å². The first kappa shape index (κ1) is 21.8. The minimum Gasteiger partial charge on any atom is -0.481 e. The van der Waals surface area contributed by atoms with E-state index < -0.39 is 17.8 Å². The molecule has 7 heteroatoms. The van der Waals surface area contributed by atoms with Crippen LogP contribution in [0.15, 0.2) is 42.5 Å². The lowest BCUT2D eigenvalue weighted by Crippen LogP contribution is -2.35. The number of benzene rings is 1. The maximum Gasteiger partial charge on any atom is 0.307 e. The topological polar surface area (TPSA) is 95.5 Å². The molecule has 0 unspecified atom stereocenters. The van der Waals surface area contributed by atoms with E-state index in [2.05, 4.69) is 10.6 Å². The Morgan fingerprint density at radius 1 is 1.10 bits per heavy atom. The zero-order valence-corrected chi connectivity index (χ0v) is 17.9. The fraction of sp³-hybridized carbons (Fsp3) is 0.348. The standard InChI is InChI=1S/C23H26N2O4S/c1-3-16-14(2)30-22(19(16)21(27)24-13-15-9-5-4-6-10-15)25-20(26)17-11-7-8-12-18(17)23(28)29/h4-10,17-18H,3,11-13H2,1-2H3,(H,24,27)(H,25,26)(H,28,29)/t17-,18+/m1/s1. The van der Waals surface area contributed by atoms with Gasteiger partial charge in [-0.3, -0.25) is 14.4 Å². The lowest BCUT2D eigenvalue weighted by atomic mass is 9.82. The van der Waals surface area contributed by atoms with Crippen molar-refractivity contribution in [2.24, 2.45) is 11.8 Å². The largest absolute Gasteiger partial charge is 0.481 e. The predicted octanol–water partition coefficient (Wildman–Crippen LogP) is 4.15. The quantitative estimate of drug-likeness (QED) is 0.580. The number of aryl methyl sites for hydroxylation is 1. The van der Waals surface area contributed by atoms with Crippen molar-refractivity contribution in [2.45, 2.75) is 39.7 Å². The van der Waals surface area contributed by atoms with Gasteiger partial charge in [0.15, 0.2) is 0 Å². The third-order valence-corrected chi connectivity index (χ3v) is 6.47. The highest BCUT2D eigenvalue weighted by atomic mass is 32.1. The van der Waals surface area contributed by atoms with Gasteiger partial charge in [0.05, 0.1) is 17.4 Å². The van der Waals surface area contributed by atoms with E-state index in [0.717, 1.165) is 16.0 Å². The number of carbonyl (C=O) groups is 3. The molecule has 2 amide bonds. The van der Waals surface area contributed by atoms with Crippen LogP contribution in [0, 0.1) is 18.8 Å². The van der Waals surface area contributed by atoms with Crippen molar-refractivity contribution in [1.29, 1.82) is 0 Å². The number of carbonyl (C=O) groups excluding carboxylic acids is 2. The fourth-order valence-electron chi connectivity index (χ4n) is 3.78. The fourth-order valence-corrected chi connectivity index (χ4v) is 4.93. The van der Waals surface area contributed by atoms with Gasteiger partial charge < -0.3 is 15.7 Å². The number of aliphatic carboxylic acids is 1. The molecule has 1 aliphatic carbocycles. The number of carboxylic acids is 1. The van der Waals surface area contributed by atoms with Gasteiger partial charge in [0.1, 0.15) is 5.00 Å². The molecule has 0 spiro atoms. The average molecular weight is 427 g/mol. The molecule has 30 heavy (non-hydrogen) atoms. The van der Waals surface area contributed by atoms with Crippen LogP contribution in [0.5, 0.6) is 0 Å². The van der Waals surface area contributed by atoms with Gasteiger partial charge in [-0.2, -0.15) is 0 Å². The molecule has 1 aromatic carbocycles. The highest BCUT2D eigenvalue weighted by molar-refractivity contribution is 7.16. The minimum atomic E-state index is -0.975. The third kappa shape index (κ3) is 4.79. The minimum absolute atomic E-state index is 0.242. The van der Waals surface area contributed by atoms with Crippen LogP contribution in [0.25, 0.3) is 0 Å². The van der Waals surface area contributed by atoms with Gasteiger partial charge in [-0.1, -0.05) is 49.4 Å². The van der Waals surface area contributed by atoms with E-state index in [9.17, 15) is 19.5 Å². The number of thiophene rings is 1. The van der Waals surface area contributed by atoms with Gasteiger partial charge in [-0.05, 0) is 37.3 Å². The van der Waals surface area contributed by atoms with Gasteiger partial charge in [0.2, 0.25) is 5.91 Å². The van der Waals surface area contributed by atoms with Crippen LogP contribution in [-0.4, -0.2) is 22.9 Å². The Labute approximate surface area is 180 Å². The van der Waals surface area contributed by atoms with E-state index in [0.29, 0.717) is 36.4 Å². The maximum atomic E-state index is 13.0. The monoisotopic (exact) mass is 426 g/mol. The summed E-state index contributed by atoms with van der Waals surface area (Å²) in [5.41, 5.74) is 2.36. The summed E-state index contributed by atoms with van der Waals surface area (Å²) in [5, 5.41) is 15.7. The van der Waals surface area contributed by atoms with Gasteiger partial charge in [-0.15, -0.1) is 11.3 Å². The molecule has 1 aliphatic rings. The molecule has 0 fully saturated rings. The molecular weight excluding hydrogens is 400 g/mol. The number of allylic oxidation sites excluding steroid dienone is 2. The molecule has 3 N–H and O–H groups in total. The normalized spacial score (nSPS) is 18.1. The molecule has 0 radical (unpaired) electrons. The number of hydrogen-bond donors (Lipinski definition) is 3. The SMILES string of the molecule is CCc1c(C)sc(NC(=O)[C@@H]2CC=CC[C@@H]2C(=O)O)c1C(=O)NCc1ccccc1. The second kappa shape index (κ2) is 9.71. The summed E-state index contributed by atoms with van der Waals surface area (Å²) >= 11 is 1.36. The summed E-state index contributed by atoms with van der Waals surface area (Å²) in [5.74, 6) is -2.98. The van der Waals surface area contributed by atoms with Crippen molar-refractivity contribution in [3.05, 3.63) is 64.1 Å². The Hall–Kier alpha value is -2.93. The predicted molar refractivity (Wildman–Crippen MR) is 118 cm³/mol. The Bertz CT molecular complexity index is 965. The van der Waals surface area contributed by atoms with E-state index in [1.165, 1.54) is 11.3 Å². The molecule has 1 heterocycles. The third-order valence-electron chi connectivity index (χ3n) is 5.41. The van der Waals surface area contributed by atoms with Crippen molar-refractivity contribution in [3.63, 3.8) is 0 Å². The summed E-state index contributed by atoms with van der Waals surface area (Å²) in [6.45, 7) is 4.29. The first-order valence-corrected chi connectivity index (χ1v) is 10.9. The summed E-state index contributed by atoms with van der Waals surface area (Å²) < 4.78 is 0. The van der Waals surface area contributed by atoms with Crippen LogP contribution in [0.2, 0.25) is 0 Å². The lowest BCUT2D eigenvalue weighted by molar-refractivity contribution is -0.146. The van der Waals surface area contributed by atoms with Crippen LogP contribution in [-0.2, 0) is 22.6 Å². The molecular formula is C23H26N2O4S. The molecule has 0 bridgehead atoms. The zero-order valence-electron chi connectivity index (χ0n) is 17.1. The molecule has 2 aromatic rings. The molecule has 3 rings (SSSR count). The number of carboxylic acid groups (broad SMARTS) is 1. The van der Waals surface area contributed by atoms with Crippen LogP contribution < -0.4 is 10.6 Å². The summed E-state index contributed by atoms with van der Waals surface area (Å²) in [6.07, 6.45) is 5.02. The summed E-state index contributed by atoms with van der Waals surface area (Å²) in [6, 6.07) is 9.62. The molecule has 158 valence electrons. The van der Waals surface area contributed by atoms with E-state index in [4.69, 9.17) is 0 Å². The van der Waals surface area contributed by atoms with Crippen molar-refractivity contribution in [3.8, 4) is 0 Å². The molecule has 0 saturated carbocycles. The van der Waals surface area contributed by atoms with E-state index in [1.807, 2.05) is 50.3 Å². The summed E-state index contributed by atoms with van der Waals surface area (Å²) in [7, 11) is 0. The zero-order chi connectivity index (χ0) is 21.7. The van der Waals surface area contributed by atoms with Gasteiger partial charge in [-0.25, -0.2) is 0 Å². The Morgan fingerprint density at radius 2 is 1.77 bits per heavy atom. The molecule has 0 saturated heterocycles.